The van der Waals surface area contributed by atoms with Crippen LogP contribution in [0.2, 0.25) is 0 Å². The van der Waals surface area contributed by atoms with Crippen LogP contribution in [0.1, 0.15) is 0 Å². The summed E-state index contributed by atoms with van der Waals surface area (Å²) >= 11 is 0. The van der Waals surface area contributed by atoms with Gasteiger partial charge in [-0.05, 0) is 0 Å². The van der Waals surface area contributed by atoms with E-state index in [1.54, 1.807) is 0 Å². The van der Waals surface area contributed by atoms with Crippen molar-refractivity contribution in [3.8, 4) is 0 Å². The highest BCUT2D eigenvalue weighted by Gasteiger charge is 2.11. The second-order valence-electron chi connectivity index (χ2n) is 3.46. The third kappa shape index (κ3) is 6.36. The molecule has 0 saturated carbocycles. The van der Waals surface area contributed by atoms with Gasteiger partial charge in [-0.15, -0.1) is 0 Å². The lowest BCUT2D eigenvalue weighted by molar-refractivity contribution is -0.692. The van der Waals surface area contributed by atoms with E-state index in [4.69, 9.17) is 9.11 Å². The van der Waals surface area contributed by atoms with Crippen LogP contribution in [0.5, 0.6) is 0 Å². The molecule has 2 N–H and O–H groups in total. The summed E-state index contributed by atoms with van der Waals surface area (Å²) in [6.45, 7) is 0.134. The SMILES string of the molecule is O=S(=O)(O)CCn1cc[n+](CCS(=O)(=O)O)c1. The molecule has 0 radical (unpaired) electrons. The quantitative estimate of drug-likeness (QED) is 0.488. The number of rotatable bonds is 6. The predicted octanol–water partition coefficient (Wildman–Crippen LogP) is -1.45. The highest BCUT2D eigenvalue weighted by molar-refractivity contribution is 7.86. The minimum atomic E-state index is -4.01. The Morgan fingerprint density at radius 1 is 1.06 bits per heavy atom. The van der Waals surface area contributed by atoms with Gasteiger partial charge in [0.05, 0.1) is 0 Å². The van der Waals surface area contributed by atoms with Crippen molar-refractivity contribution in [3.05, 3.63) is 18.7 Å². The second kappa shape index (κ2) is 5.12. The van der Waals surface area contributed by atoms with E-state index in [2.05, 4.69) is 0 Å². The molecule has 0 amide bonds. The van der Waals surface area contributed by atoms with Gasteiger partial charge < -0.3 is 0 Å². The summed E-state index contributed by atoms with van der Waals surface area (Å²) in [4.78, 5) is 0. The van der Waals surface area contributed by atoms with Gasteiger partial charge in [-0.1, -0.05) is 0 Å². The first kappa shape index (κ1) is 14.1. The average molecular weight is 285 g/mol. The molecule has 1 rings (SSSR count). The van der Waals surface area contributed by atoms with Crippen LogP contribution < -0.4 is 4.57 Å². The van der Waals surface area contributed by atoms with Crippen LogP contribution in [-0.2, 0) is 33.3 Å². The first-order valence-corrected chi connectivity index (χ1v) is 7.83. The fraction of sp³-hybridized carbons (Fsp3) is 0.571. The zero-order valence-corrected chi connectivity index (χ0v) is 10.4. The van der Waals surface area contributed by atoms with Crippen molar-refractivity contribution in [2.24, 2.45) is 0 Å². The molecule has 0 atom stereocenters. The first-order chi connectivity index (χ1) is 7.66. The molecule has 1 aromatic rings. The van der Waals surface area contributed by atoms with Crippen LogP contribution >= 0.6 is 0 Å². The fourth-order valence-corrected chi connectivity index (χ4v) is 2.03. The summed E-state index contributed by atoms with van der Waals surface area (Å²) in [6, 6.07) is 0. The number of aryl methyl sites for hydroxylation is 2. The van der Waals surface area contributed by atoms with Gasteiger partial charge in [-0.3, -0.25) is 9.11 Å². The van der Waals surface area contributed by atoms with Gasteiger partial charge in [0.1, 0.15) is 37.0 Å². The molecule has 0 aliphatic heterocycles. The van der Waals surface area contributed by atoms with E-state index in [1.165, 1.54) is 27.9 Å². The molecule has 98 valence electrons. The molecule has 1 heterocycles. The minimum Gasteiger partial charge on any atom is -0.285 e. The average Bonchev–Trinajstić information content (AvgIpc) is 2.57. The minimum absolute atomic E-state index is 0.0672. The van der Waals surface area contributed by atoms with Gasteiger partial charge in [0.25, 0.3) is 20.2 Å². The fourth-order valence-electron chi connectivity index (χ4n) is 1.14. The van der Waals surface area contributed by atoms with Gasteiger partial charge in [-0.25, -0.2) is 9.13 Å². The van der Waals surface area contributed by atoms with Crippen molar-refractivity contribution in [2.45, 2.75) is 13.1 Å². The van der Waals surface area contributed by atoms with E-state index < -0.39 is 31.7 Å². The van der Waals surface area contributed by atoms with Crippen LogP contribution in [-0.4, -0.2) is 42.0 Å². The summed E-state index contributed by atoms with van der Waals surface area (Å²) in [6.07, 6.45) is 4.56. The standard InChI is InChI=1S/C7H12N2O6S2/c10-16(11,12)5-3-8-1-2-9(7-8)4-6-17(13,14)15/h1-2,7H,3-6H2,(H-,10,11,12,13,14,15)/p+1. The summed E-state index contributed by atoms with van der Waals surface area (Å²) in [5.41, 5.74) is 0. The molecule has 0 fully saturated rings. The summed E-state index contributed by atoms with van der Waals surface area (Å²) < 4.78 is 62.0. The van der Waals surface area contributed by atoms with Crippen LogP contribution in [0.15, 0.2) is 18.7 Å². The van der Waals surface area contributed by atoms with E-state index in [-0.39, 0.29) is 13.1 Å². The monoisotopic (exact) mass is 285 g/mol. The molecule has 1 aromatic heterocycles. The summed E-state index contributed by atoms with van der Waals surface area (Å²) in [5, 5.41) is 0. The van der Waals surface area contributed by atoms with Crippen molar-refractivity contribution >= 4 is 20.2 Å². The van der Waals surface area contributed by atoms with Crippen LogP contribution in [0.3, 0.4) is 0 Å². The molecule has 17 heavy (non-hydrogen) atoms. The van der Waals surface area contributed by atoms with Crippen molar-refractivity contribution in [1.29, 1.82) is 0 Å². The highest BCUT2D eigenvalue weighted by atomic mass is 32.2. The predicted molar refractivity (Wildman–Crippen MR) is 57.5 cm³/mol. The number of hydrogen-bond acceptors (Lipinski definition) is 4. The molecule has 8 nitrogen and oxygen atoms in total. The molecular weight excluding hydrogens is 272 g/mol. The van der Waals surface area contributed by atoms with Crippen LogP contribution in [0.25, 0.3) is 0 Å². The van der Waals surface area contributed by atoms with Gasteiger partial charge in [0, 0.05) is 0 Å². The summed E-state index contributed by atoms with van der Waals surface area (Å²) in [5.74, 6) is -0.833. The normalized spacial score (nSPS) is 12.8. The maximum Gasteiger partial charge on any atom is 0.268 e. The molecule has 10 heteroatoms. The van der Waals surface area contributed by atoms with Gasteiger partial charge in [-0.2, -0.15) is 16.8 Å². The van der Waals surface area contributed by atoms with Crippen LogP contribution in [0.4, 0.5) is 0 Å². The maximum atomic E-state index is 10.5. The highest BCUT2D eigenvalue weighted by Crippen LogP contribution is 1.90. The van der Waals surface area contributed by atoms with E-state index >= 15 is 0 Å². The van der Waals surface area contributed by atoms with E-state index in [1.807, 2.05) is 0 Å². The van der Waals surface area contributed by atoms with Crippen molar-refractivity contribution in [1.82, 2.24) is 4.57 Å². The molecule has 0 unspecified atom stereocenters. The van der Waals surface area contributed by atoms with Crippen molar-refractivity contribution in [2.75, 3.05) is 11.5 Å². The number of imidazole rings is 1. The van der Waals surface area contributed by atoms with E-state index in [0.717, 1.165) is 0 Å². The lowest BCUT2D eigenvalue weighted by Crippen LogP contribution is -2.35. The Morgan fingerprint density at radius 3 is 2.18 bits per heavy atom. The van der Waals surface area contributed by atoms with Crippen LogP contribution in [0, 0.1) is 0 Å². The first-order valence-electron chi connectivity index (χ1n) is 4.61. The smallest absolute Gasteiger partial charge is 0.268 e. The van der Waals surface area contributed by atoms with Gasteiger partial charge in [0.15, 0.2) is 0 Å². The number of nitrogens with zero attached hydrogens (tertiary/aromatic N) is 2. The zero-order valence-electron chi connectivity index (χ0n) is 8.80. The number of aromatic nitrogens is 2. The largest absolute Gasteiger partial charge is 0.285 e. The van der Waals surface area contributed by atoms with Gasteiger partial charge >= 0.3 is 0 Å². The van der Waals surface area contributed by atoms with E-state index in [0.29, 0.717) is 0 Å². The molecule has 0 saturated heterocycles. The van der Waals surface area contributed by atoms with E-state index in [9.17, 15) is 16.8 Å². The van der Waals surface area contributed by atoms with Crippen molar-refractivity contribution in [3.63, 3.8) is 0 Å². The molecule has 0 aliphatic rings. The Kier molecular flexibility index (Phi) is 4.25. The Hall–Kier alpha value is -0.970. The third-order valence-corrected chi connectivity index (χ3v) is 3.36. The third-order valence-electron chi connectivity index (χ3n) is 1.96. The molecule has 0 aliphatic carbocycles. The molecule has 0 spiro atoms. The Balaban J connectivity index is 2.54. The Bertz CT molecular complexity index is 523. The maximum absolute atomic E-state index is 10.5. The Labute approximate surface area is 99.0 Å². The lowest BCUT2D eigenvalue weighted by Gasteiger charge is -1.95. The molecule has 0 aromatic carbocycles. The van der Waals surface area contributed by atoms with Gasteiger partial charge in [0.2, 0.25) is 6.33 Å². The topological polar surface area (TPSA) is 118 Å². The lowest BCUT2D eigenvalue weighted by atomic mass is 10.7. The summed E-state index contributed by atoms with van der Waals surface area (Å²) in [7, 11) is -8.03. The molecule has 0 bridgehead atoms. The number of hydrogen-bond donors (Lipinski definition) is 2. The molecular formula is C7H13N2O6S2+. The van der Waals surface area contributed by atoms with Crippen molar-refractivity contribution < 1.29 is 30.5 Å². The second-order valence-corrected chi connectivity index (χ2v) is 6.61. The zero-order chi connectivity index (χ0) is 13.1. The Morgan fingerprint density at radius 2 is 1.65 bits per heavy atom.